The van der Waals surface area contributed by atoms with Crippen molar-refractivity contribution in [2.75, 3.05) is 0 Å². The number of aryl methyl sites for hydroxylation is 2. The van der Waals surface area contributed by atoms with Crippen LogP contribution in [0.5, 0.6) is 0 Å². The molecule has 18 heavy (non-hydrogen) atoms. The molecular weight excluding hydrogens is 244 g/mol. The molecule has 3 rings (SSSR count). The van der Waals surface area contributed by atoms with Crippen molar-refractivity contribution in [3.8, 4) is 10.7 Å². The Balaban J connectivity index is 2.10. The van der Waals surface area contributed by atoms with Crippen molar-refractivity contribution in [2.24, 2.45) is 0 Å². The monoisotopic (exact) mass is 258 g/mol. The first-order valence-electron chi connectivity index (χ1n) is 6.26. The van der Waals surface area contributed by atoms with Gasteiger partial charge in [-0.1, -0.05) is 13.0 Å². The molecule has 0 saturated heterocycles. The van der Waals surface area contributed by atoms with Gasteiger partial charge in [0.05, 0.1) is 10.6 Å². The smallest absolute Gasteiger partial charge is 0.174 e. The van der Waals surface area contributed by atoms with E-state index in [-0.39, 0.29) is 5.78 Å². The summed E-state index contributed by atoms with van der Waals surface area (Å²) in [4.78, 5) is 21.7. The molecule has 1 aliphatic rings. The molecule has 4 heteroatoms. The summed E-state index contributed by atoms with van der Waals surface area (Å²) in [6.07, 6.45) is 5.24. The molecule has 2 heterocycles. The molecule has 0 fully saturated rings. The number of aromatic nitrogens is 2. The second kappa shape index (κ2) is 4.61. The van der Waals surface area contributed by atoms with Crippen LogP contribution in [0.2, 0.25) is 0 Å². The highest BCUT2D eigenvalue weighted by Crippen LogP contribution is 2.33. The third-order valence-corrected chi connectivity index (χ3v) is 4.39. The quantitative estimate of drug-likeness (QED) is 0.830. The summed E-state index contributed by atoms with van der Waals surface area (Å²) in [5.41, 5.74) is 3.10. The average Bonchev–Trinajstić information content (AvgIpc) is 2.84. The van der Waals surface area contributed by atoms with Crippen molar-refractivity contribution in [3.63, 3.8) is 0 Å². The third kappa shape index (κ3) is 1.86. The first kappa shape index (κ1) is 11.5. The number of fused-ring (bicyclic) bond motifs is 1. The van der Waals surface area contributed by atoms with Crippen molar-refractivity contribution in [3.05, 3.63) is 34.5 Å². The molecule has 1 aliphatic carbocycles. The van der Waals surface area contributed by atoms with Crippen LogP contribution in [0, 0.1) is 0 Å². The standard InChI is InChI=1S/C14H14N2OS/c1-2-9-5-4-8-15-12(9)14-16-10-6-3-7-11(17)13(10)18-14/h4-5,8H,2-3,6-7H2,1H3. The molecule has 0 bridgehead atoms. The number of thiazole rings is 1. The SMILES string of the molecule is CCc1cccnc1-c1nc2c(s1)C(=O)CCC2. The fraction of sp³-hybridized carbons (Fsp3) is 0.357. The number of hydrogen-bond donors (Lipinski definition) is 0. The zero-order valence-corrected chi connectivity index (χ0v) is 11.1. The van der Waals surface area contributed by atoms with Gasteiger partial charge in [-0.2, -0.15) is 0 Å². The number of ketones is 1. The normalized spacial score (nSPS) is 14.6. The van der Waals surface area contributed by atoms with Gasteiger partial charge in [0.2, 0.25) is 0 Å². The average molecular weight is 258 g/mol. The minimum atomic E-state index is 0.244. The lowest BCUT2D eigenvalue weighted by molar-refractivity contribution is 0.0976. The third-order valence-electron chi connectivity index (χ3n) is 3.24. The number of nitrogens with zero attached hydrogens (tertiary/aromatic N) is 2. The van der Waals surface area contributed by atoms with Crippen LogP contribution in [0.25, 0.3) is 10.7 Å². The number of rotatable bonds is 2. The molecule has 0 radical (unpaired) electrons. The van der Waals surface area contributed by atoms with Gasteiger partial charge in [-0.15, -0.1) is 11.3 Å². The van der Waals surface area contributed by atoms with E-state index in [9.17, 15) is 4.79 Å². The van der Waals surface area contributed by atoms with Crippen LogP contribution in [0.15, 0.2) is 18.3 Å². The minimum absolute atomic E-state index is 0.244. The molecule has 2 aromatic heterocycles. The lowest BCUT2D eigenvalue weighted by Gasteiger charge is -2.06. The van der Waals surface area contributed by atoms with Crippen LogP contribution in [0.1, 0.15) is 40.7 Å². The zero-order chi connectivity index (χ0) is 12.5. The van der Waals surface area contributed by atoms with Crippen molar-refractivity contribution < 1.29 is 4.79 Å². The van der Waals surface area contributed by atoms with E-state index in [0.29, 0.717) is 6.42 Å². The number of hydrogen-bond acceptors (Lipinski definition) is 4. The Bertz CT molecular complexity index is 604. The van der Waals surface area contributed by atoms with Crippen molar-refractivity contribution in [1.29, 1.82) is 0 Å². The first-order chi connectivity index (χ1) is 8.79. The lowest BCUT2D eigenvalue weighted by Crippen LogP contribution is -2.07. The summed E-state index contributed by atoms with van der Waals surface area (Å²) in [6, 6.07) is 4.02. The number of carbonyl (C=O) groups excluding carboxylic acids is 1. The van der Waals surface area contributed by atoms with Gasteiger partial charge in [0.1, 0.15) is 10.7 Å². The van der Waals surface area contributed by atoms with E-state index >= 15 is 0 Å². The summed E-state index contributed by atoms with van der Waals surface area (Å²) in [6.45, 7) is 2.11. The minimum Gasteiger partial charge on any atom is -0.293 e. The maximum atomic E-state index is 11.8. The summed E-state index contributed by atoms with van der Waals surface area (Å²) in [7, 11) is 0. The molecule has 0 aliphatic heterocycles. The molecule has 92 valence electrons. The predicted octanol–water partition coefficient (Wildman–Crippen LogP) is 3.29. The maximum absolute atomic E-state index is 11.8. The molecule has 0 atom stereocenters. The highest BCUT2D eigenvalue weighted by molar-refractivity contribution is 7.17. The van der Waals surface area contributed by atoms with Gasteiger partial charge in [0, 0.05) is 12.6 Å². The Morgan fingerprint density at radius 1 is 1.39 bits per heavy atom. The highest BCUT2D eigenvalue weighted by Gasteiger charge is 2.23. The molecule has 3 nitrogen and oxygen atoms in total. The zero-order valence-electron chi connectivity index (χ0n) is 10.3. The Morgan fingerprint density at radius 2 is 2.28 bits per heavy atom. The van der Waals surface area contributed by atoms with Gasteiger partial charge in [-0.3, -0.25) is 9.78 Å². The summed E-state index contributed by atoms with van der Waals surface area (Å²) in [5.74, 6) is 0.244. The Kier molecular flexibility index (Phi) is 2.96. The van der Waals surface area contributed by atoms with E-state index in [1.807, 2.05) is 6.07 Å². The highest BCUT2D eigenvalue weighted by atomic mass is 32.1. The largest absolute Gasteiger partial charge is 0.293 e. The fourth-order valence-electron chi connectivity index (χ4n) is 2.29. The van der Waals surface area contributed by atoms with Crippen LogP contribution in [0.4, 0.5) is 0 Å². The van der Waals surface area contributed by atoms with Gasteiger partial charge in [0.25, 0.3) is 0 Å². The Morgan fingerprint density at radius 3 is 3.06 bits per heavy atom. The molecule has 0 unspecified atom stereocenters. The van der Waals surface area contributed by atoms with E-state index in [4.69, 9.17) is 0 Å². The maximum Gasteiger partial charge on any atom is 0.174 e. The Labute approximate surface area is 110 Å². The van der Waals surface area contributed by atoms with E-state index < -0.39 is 0 Å². The molecule has 0 spiro atoms. The second-order valence-corrected chi connectivity index (χ2v) is 5.44. The molecule has 2 aromatic rings. The molecular formula is C14H14N2OS. The fourth-order valence-corrected chi connectivity index (χ4v) is 3.40. The number of pyridine rings is 1. The van der Waals surface area contributed by atoms with Gasteiger partial charge < -0.3 is 0 Å². The van der Waals surface area contributed by atoms with Crippen LogP contribution in [-0.4, -0.2) is 15.8 Å². The Hall–Kier alpha value is -1.55. The van der Waals surface area contributed by atoms with E-state index in [1.165, 1.54) is 16.9 Å². The second-order valence-electron chi connectivity index (χ2n) is 4.44. The van der Waals surface area contributed by atoms with Gasteiger partial charge >= 0.3 is 0 Å². The van der Waals surface area contributed by atoms with Gasteiger partial charge in [-0.05, 0) is 30.9 Å². The lowest BCUT2D eigenvalue weighted by atomic mass is 10.0. The van der Waals surface area contributed by atoms with Crippen molar-refractivity contribution >= 4 is 17.1 Å². The first-order valence-corrected chi connectivity index (χ1v) is 7.08. The van der Waals surface area contributed by atoms with Crippen molar-refractivity contribution in [2.45, 2.75) is 32.6 Å². The number of Topliss-reactive ketones (excluding diaryl/α,β-unsaturated/α-hetero) is 1. The van der Waals surface area contributed by atoms with Crippen LogP contribution in [0.3, 0.4) is 0 Å². The molecule has 0 saturated carbocycles. The summed E-state index contributed by atoms with van der Waals surface area (Å²) in [5, 5.41) is 0.896. The molecule has 0 aromatic carbocycles. The van der Waals surface area contributed by atoms with Gasteiger partial charge in [-0.25, -0.2) is 4.98 Å². The van der Waals surface area contributed by atoms with Crippen molar-refractivity contribution in [1.82, 2.24) is 9.97 Å². The molecule has 0 amide bonds. The molecule has 0 N–H and O–H groups in total. The summed E-state index contributed by atoms with van der Waals surface area (Å²) >= 11 is 1.50. The predicted molar refractivity (Wildman–Crippen MR) is 72.0 cm³/mol. The summed E-state index contributed by atoms with van der Waals surface area (Å²) < 4.78 is 0. The van der Waals surface area contributed by atoms with Gasteiger partial charge in [0.15, 0.2) is 5.78 Å². The van der Waals surface area contributed by atoms with Crippen LogP contribution >= 0.6 is 11.3 Å². The van der Waals surface area contributed by atoms with E-state index in [0.717, 1.165) is 40.5 Å². The van der Waals surface area contributed by atoms with E-state index in [1.54, 1.807) is 6.20 Å². The van der Waals surface area contributed by atoms with Crippen LogP contribution < -0.4 is 0 Å². The number of carbonyl (C=O) groups is 1. The van der Waals surface area contributed by atoms with E-state index in [2.05, 4.69) is 23.0 Å². The topological polar surface area (TPSA) is 42.9 Å². The van der Waals surface area contributed by atoms with Crippen LogP contribution in [-0.2, 0) is 12.8 Å².